The van der Waals surface area contributed by atoms with Crippen LogP contribution in [0.5, 0.6) is 5.88 Å². The maximum absolute atomic E-state index is 10.1. The van der Waals surface area contributed by atoms with Crippen molar-refractivity contribution in [1.82, 2.24) is 15.0 Å². The van der Waals surface area contributed by atoms with Crippen LogP contribution in [0.1, 0.15) is 6.92 Å². The molecule has 1 saturated heterocycles. The zero-order valence-corrected chi connectivity index (χ0v) is 13.4. The van der Waals surface area contributed by atoms with E-state index in [1.165, 1.54) is 5.69 Å². The molecule has 1 fully saturated rings. The quantitative estimate of drug-likeness (QED) is 0.782. The lowest BCUT2D eigenvalue weighted by Crippen LogP contribution is -2.41. The van der Waals surface area contributed by atoms with Gasteiger partial charge in [-0.05, 0) is 25.1 Å². The average molecular weight is 322 g/mol. The monoisotopic (exact) mass is 322 g/mol. The van der Waals surface area contributed by atoms with E-state index in [9.17, 15) is 5.11 Å². The molecule has 1 aromatic carbocycles. The van der Waals surface area contributed by atoms with Crippen molar-refractivity contribution in [2.75, 3.05) is 24.6 Å². The van der Waals surface area contributed by atoms with Crippen molar-refractivity contribution in [3.05, 3.63) is 42.7 Å². The zero-order valence-electron chi connectivity index (χ0n) is 13.4. The summed E-state index contributed by atoms with van der Waals surface area (Å²) in [6.07, 6.45) is 3.39. The lowest BCUT2D eigenvalue weighted by molar-refractivity contribution is 0.0532. The van der Waals surface area contributed by atoms with Gasteiger partial charge in [0.05, 0.1) is 23.9 Å². The lowest BCUT2D eigenvalue weighted by Gasteiger charge is -2.33. The highest BCUT2D eigenvalue weighted by molar-refractivity contribution is 5.83. The predicted molar refractivity (Wildman–Crippen MR) is 92.1 cm³/mol. The molecule has 0 spiro atoms. The molecule has 2 aromatic heterocycles. The highest BCUT2D eigenvalue weighted by Gasteiger charge is 2.17. The van der Waals surface area contributed by atoms with Gasteiger partial charge in [-0.3, -0.25) is 4.98 Å². The first-order valence-electron chi connectivity index (χ1n) is 7.98. The summed E-state index contributed by atoms with van der Waals surface area (Å²) in [5.41, 5.74) is 3.83. The third-order valence-electron chi connectivity index (χ3n) is 4.21. The van der Waals surface area contributed by atoms with Crippen LogP contribution < -0.4 is 4.90 Å². The summed E-state index contributed by atoms with van der Waals surface area (Å²) in [6.45, 7) is 4.63. The molecule has 24 heavy (non-hydrogen) atoms. The summed E-state index contributed by atoms with van der Waals surface area (Å²) in [6, 6.07) is 10.0. The Hall–Kier alpha value is -2.73. The van der Waals surface area contributed by atoms with E-state index in [0.717, 1.165) is 25.3 Å². The number of hydrogen-bond acceptors (Lipinski definition) is 6. The standard InChI is InChI=1S/C18H18N4O2/c1-12-11-22(8-9-24-12)14-4-2-13(3-5-14)15-10-16-17(18(23)21-15)20-7-6-19-16/h2-7,10,12H,8-9,11H2,1H3,(H,21,23). The molecule has 122 valence electrons. The van der Waals surface area contributed by atoms with Crippen molar-refractivity contribution in [2.45, 2.75) is 13.0 Å². The van der Waals surface area contributed by atoms with Gasteiger partial charge in [-0.15, -0.1) is 0 Å². The molecule has 3 heterocycles. The van der Waals surface area contributed by atoms with Crippen LogP contribution in [0.4, 0.5) is 5.69 Å². The third kappa shape index (κ3) is 2.76. The molecule has 6 nitrogen and oxygen atoms in total. The maximum atomic E-state index is 10.1. The molecule has 1 N–H and O–H groups in total. The first-order chi connectivity index (χ1) is 11.7. The van der Waals surface area contributed by atoms with Gasteiger partial charge >= 0.3 is 0 Å². The second-order valence-corrected chi connectivity index (χ2v) is 5.93. The molecule has 1 atom stereocenters. The fourth-order valence-electron chi connectivity index (χ4n) is 3.00. The lowest BCUT2D eigenvalue weighted by atomic mass is 10.1. The van der Waals surface area contributed by atoms with Crippen LogP contribution in [0.3, 0.4) is 0 Å². The number of rotatable bonds is 2. The molecule has 0 aliphatic carbocycles. The Morgan fingerprint density at radius 3 is 2.75 bits per heavy atom. The van der Waals surface area contributed by atoms with E-state index in [1.807, 2.05) is 18.2 Å². The van der Waals surface area contributed by atoms with E-state index in [2.05, 4.69) is 38.9 Å². The predicted octanol–water partition coefficient (Wildman–Crippen LogP) is 2.62. The maximum Gasteiger partial charge on any atom is 0.240 e. The summed E-state index contributed by atoms with van der Waals surface area (Å²) < 4.78 is 5.58. The number of fused-ring (bicyclic) bond motifs is 1. The van der Waals surface area contributed by atoms with E-state index >= 15 is 0 Å². The fraction of sp³-hybridized carbons (Fsp3) is 0.278. The second kappa shape index (κ2) is 6.05. The average Bonchev–Trinajstić information content (AvgIpc) is 2.62. The molecule has 4 rings (SSSR count). The minimum absolute atomic E-state index is 0.0957. The van der Waals surface area contributed by atoms with E-state index in [4.69, 9.17) is 4.74 Å². The molecular weight excluding hydrogens is 304 g/mol. The first-order valence-corrected chi connectivity index (χ1v) is 7.98. The summed E-state index contributed by atoms with van der Waals surface area (Å²) in [7, 11) is 0. The number of benzene rings is 1. The van der Waals surface area contributed by atoms with Crippen molar-refractivity contribution in [3.8, 4) is 17.1 Å². The Labute approximate surface area is 139 Å². The molecule has 1 aliphatic heterocycles. The molecule has 3 aromatic rings. The summed E-state index contributed by atoms with van der Waals surface area (Å²) >= 11 is 0. The van der Waals surface area contributed by atoms with Crippen LogP contribution in [0.15, 0.2) is 42.7 Å². The summed E-state index contributed by atoms with van der Waals surface area (Å²) in [4.78, 5) is 14.9. The van der Waals surface area contributed by atoms with E-state index in [1.54, 1.807) is 12.4 Å². The van der Waals surface area contributed by atoms with Gasteiger partial charge in [-0.25, -0.2) is 9.97 Å². The number of ether oxygens (including phenoxy) is 1. The minimum atomic E-state index is -0.0957. The second-order valence-electron chi connectivity index (χ2n) is 5.93. The number of morpholine rings is 1. The van der Waals surface area contributed by atoms with Gasteiger partial charge in [0.2, 0.25) is 5.88 Å². The van der Waals surface area contributed by atoms with Crippen LogP contribution in [-0.4, -0.2) is 45.9 Å². The van der Waals surface area contributed by atoms with Crippen LogP contribution in [0.2, 0.25) is 0 Å². The Kier molecular flexibility index (Phi) is 3.74. The minimum Gasteiger partial charge on any atom is -0.492 e. The summed E-state index contributed by atoms with van der Waals surface area (Å²) in [5.74, 6) is -0.0957. The molecule has 0 amide bonds. The van der Waals surface area contributed by atoms with E-state index < -0.39 is 0 Å². The van der Waals surface area contributed by atoms with Crippen molar-refractivity contribution >= 4 is 16.7 Å². The fourth-order valence-corrected chi connectivity index (χ4v) is 3.00. The van der Waals surface area contributed by atoms with Crippen LogP contribution in [0, 0.1) is 0 Å². The van der Waals surface area contributed by atoms with Crippen molar-refractivity contribution in [1.29, 1.82) is 0 Å². The topological polar surface area (TPSA) is 71.4 Å². The van der Waals surface area contributed by atoms with Crippen LogP contribution in [-0.2, 0) is 4.74 Å². The van der Waals surface area contributed by atoms with Gasteiger partial charge in [0.25, 0.3) is 0 Å². The number of nitrogens with zero attached hydrogens (tertiary/aromatic N) is 4. The SMILES string of the molecule is CC1CN(c2ccc(-c3cc4nccnc4c(O)n3)cc2)CCO1. The Bertz CT molecular complexity index is 867. The normalized spacial score (nSPS) is 18.0. The van der Waals surface area contributed by atoms with Crippen LogP contribution in [0.25, 0.3) is 22.3 Å². The van der Waals surface area contributed by atoms with Gasteiger partial charge in [-0.2, -0.15) is 0 Å². The molecule has 1 aliphatic rings. The van der Waals surface area contributed by atoms with E-state index in [0.29, 0.717) is 16.7 Å². The number of pyridine rings is 1. The largest absolute Gasteiger partial charge is 0.492 e. The highest BCUT2D eigenvalue weighted by Crippen LogP contribution is 2.27. The molecular formula is C18H18N4O2. The Balaban J connectivity index is 1.65. The third-order valence-corrected chi connectivity index (χ3v) is 4.21. The smallest absolute Gasteiger partial charge is 0.240 e. The van der Waals surface area contributed by atoms with Gasteiger partial charge in [0, 0.05) is 36.7 Å². The highest BCUT2D eigenvalue weighted by atomic mass is 16.5. The van der Waals surface area contributed by atoms with Crippen molar-refractivity contribution in [2.24, 2.45) is 0 Å². The molecule has 0 radical (unpaired) electrons. The molecule has 0 saturated carbocycles. The van der Waals surface area contributed by atoms with Crippen LogP contribution >= 0.6 is 0 Å². The van der Waals surface area contributed by atoms with Gasteiger partial charge in [0.1, 0.15) is 0 Å². The molecule has 0 bridgehead atoms. The number of aromatic hydroxyl groups is 1. The van der Waals surface area contributed by atoms with E-state index in [-0.39, 0.29) is 12.0 Å². The van der Waals surface area contributed by atoms with Gasteiger partial charge in [0.15, 0.2) is 5.52 Å². The van der Waals surface area contributed by atoms with Gasteiger partial charge in [-0.1, -0.05) is 12.1 Å². The molecule has 1 unspecified atom stereocenters. The van der Waals surface area contributed by atoms with Crippen molar-refractivity contribution in [3.63, 3.8) is 0 Å². The Morgan fingerprint density at radius 1 is 1.17 bits per heavy atom. The zero-order chi connectivity index (χ0) is 16.5. The number of aromatic nitrogens is 3. The van der Waals surface area contributed by atoms with Crippen molar-refractivity contribution < 1.29 is 9.84 Å². The van der Waals surface area contributed by atoms with Gasteiger partial charge < -0.3 is 14.7 Å². The number of anilines is 1. The first kappa shape index (κ1) is 14.8. The molecule has 6 heteroatoms. The number of hydrogen-bond donors (Lipinski definition) is 1. The Morgan fingerprint density at radius 2 is 1.96 bits per heavy atom. The summed E-state index contributed by atoms with van der Waals surface area (Å²) in [5, 5.41) is 10.1.